The first-order valence-electron chi connectivity index (χ1n) is 11.8. The summed E-state index contributed by atoms with van der Waals surface area (Å²) in [5.74, 6) is 0.684. The summed E-state index contributed by atoms with van der Waals surface area (Å²) in [6.45, 7) is 3.02. The Hall–Kier alpha value is -2.34. The predicted molar refractivity (Wildman–Crippen MR) is 118 cm³/mol. The van der Waals surface area contributed by atoms with Gasteiger partial charge in [-0.1, -0.05) is 48.4 Å². The number of esters is 1. The first-order valence-corrected chi connectivity index (χ1v) is 11.8. The number of urea groups is 1. The molecule has 4 aliphatic rings. The highest BCUT2D eigenvalue weighted by Crippen LogP contribution is 2.45. The maximum Gasteiger partial charge on any atom is 0.333 e. The van der Waals surface area contributed by atoms with Crippen LogP contribution >= 0.6 is 0 Å². The number of nitrogens with one attached hydrogen (secondary N) is 1. The van der Waals surface area contributed by atoms with Crippen molar-refractivity contribution in [3.8, 4) is 0 Å². The number of methoxy groups -OCH3 is 1. The normalized spacial score (nSPS) is 31.0. The summed E-state index contributed by atoms with van der Waals surface area (Å²) in [6, 6.07) is 9.26. The Bertz CT molecular complexity index is 855. The molecule has 2 amide bonds. The van der Waals surface area contributed by atoms with Gasteiger partial charge in [-0.05, 0) is 56.0 Å². The van der Waals surface area contributed by atoms with Crippen LogP contribution in [0.3, 0.4) is 0 Å². The zero-order valence-corrected chi connectivity index (χ0v) is 18.3. The van der Waals surface area contributed by atoms with Gasteiger partial charge in [-0.2, -0.15) is 0 Å². The van der Waals surface area contributed by atoms with Crippen LogP contribution < -0.4 is 5.32 Å². The molecule has 1 aromatic rings. The van der Waals surface area contributed by atoms with E-state index in [0.717, 1.165) is 31.5 Å². The molecule has 1 aromatic carbocycles. The van der Waals surface area contributed by atoms with Crippen molar-refractivity contribution in [3.63, 3.8) is 0 Å². The Balaban J connectivity index is 1.38. The summed E-state index contributed by atoms with van der Waals surface area (Å²) in [4.78, 5) is 30.6. The molecule has 6 heteroatoms. The number of fused-ring (bicyclic) bond motifs is 6. The monoisotopic (exact) mass is 423 g/mol. The molecule has 1 aliphatic carbocycles. The fraction of sp³-hybridized carbons (Fsp3) is 0.600. The number of nitrogens with zero attached hydrogens (tertiary/aromatic N) is 2. The Labute approximate surface area is 184 Å². The lowest BCUT2D eigenvalue weighted by Gasteiger charge is -2.54. The third kappa shape index (κ3) is 3.86. The number of hydrogen-bond donors (Lipinski definition) is 1. The Kier molecular flexibility index (Phi) is 5.74. The van der Waals surface area contributed by atoms with Crippen LogP contribution in [0.2, 0.25) is 0 Å². The van der Waals surface area contributed by atoms with Gasteiger partial charge < -0.3 is 15.0 Å². The summed E-state index contributed by atoms with van der Waals surface area (Å²) >= 11 is 0. The topological polar surface area (TPSA) is 61.9 Å². The molecule has 2 bridgehead atoms. The van der Waals surface area contributed by atoms with Crippen LogP contribution in [0.25, 0.3) is 0 Å². The van der Waals surface area contributed by atoms with Crippen molar-refractivity contribution >= 4 is 12.0 Å². The fourth-order valence-corrected chi connectivity index (χ4v) is 6.45. The second kappa shape index (κ2) is 8.65. The Morgan fingerprint density at radius 3 is 2.77 bits per heavy atom. The van der Waals surface area contributed by atoms with Gasteiger partial charge in [0.25, 0.3) is 0 Å². The molecule has 3 heterocycles. The standard InChI is InChI=1S/C25H33N3O3/c1-31-24(29)22(17-8-3-2-4-9-17)26-25(30)28-13-7-10-18-14-19-15-20(23(18)28)16-27-12-6-5-11-21(19)27/h2-4,8-9,14,19-23H,5-7,10-13,15-16H2,1H3,(H,26,30)/t19-,20-,21-,22-,23-/m0/s1. The number of rotatable bonds is 3. The summed E-state index contributed by atoms with van der Waals surface area (Å²) in [5.41, 5.74) is 2.19. The van der Waals surface area contributed by atoms with E-state index < -0.39 is 12.0 Å². The van der Waals surface area contributed by atoms with E-state index in [4.69, 9.17) is 4.74 Å². The van der Waals surface area contributed by atoms with E-state index in [1.807, 2.05) is 35.2 Å². The lowest BCUT2D eigenvalue weighted by Crippen LogP contribution is -2.61. The Morgan fingerprint density at radius 2 is 1.97 bits per heavy atom. The number of likely N-dealkylation sites (tertiary alicyclic amines) is 1. The number of hydrogen-bond acceptors (Lipinski definition) is 4. The molecule has 5 atom stereocenters. The zero-order valence-electron chi connectivity index (χ0n) is 18.3. The van der Waals surface area contributed by atoms with Crippen molar-refractivity contribution in [1.82, 2.24) is 15.1 Å². The van der Waals surface area contributed by atoms with Gasteiger partial charge >= 0.3 is 12.0 Å². The van der Waals surface area contributed by atoms with Crippen molar-refractivity contribution in [1.29, 1.82) is 0 Å². The average molecular weight is 424 g/mol. The van der Waals surface area contributed by atoms with Gasteiger partial charge in [-0.25, -0.2) is 9.59 Å². The van der Waals surface area contributed by atoms with Gasteiger partial charge in [0.15, 0.2) is 6.04 Å². The maximum atomic E-state index is 13.5. The molecule has 3 aliphatic heterocycles. The van der Waals surface area contributed by atoms with Gasteiger partial charge in [0.1, 0.15) is 0 Å². The van der Waals surface area contributed by atoms with Crippen LogP contribution in [0.15, 0.2) is 42.0 Å². The number of ether oxygens (including phenoxy) is 1. The van der Waals surface area contributed by atoms with Crippen molar-refractivity contribution in [2.24, 2.45) is 11.8 Å². The quantitative estimate of drug-likeness (QED) is 0.597. The van der Waals surface area contributed by atoms with Crippen LogP contribution in [-0.2, 0) is 9.53 Å². The molecule has 5 rings (SSSR count). The predicted octanol–water partition coefficient (Wildman–Crippen LogP) is 3.51. The fourth-order valence-electron chi connectivity index (χ4n) is 6.45. The van der Waals surface area contributed by atoms with Gasteiger partial charge in [-0.3, -0.25) is 4.90 Å². The van der Waals surface area contributed by atoms with Crippen LogP contribution in [0.5, 0.6) is 0 Å². The summed E-state index contributed by atoms with van der Waals surface area (Å²) in [6.07, 6.45) is 9.71. The molecule has 6 nitrogen and oxygen atoms in total. The second-order valence-corrected chi connectivity index (χ2v) is 9.52. The van der Waals surface area contributed by atoms with Crippen LogP contribution in [-0.4, -0.2) is 60.6 Å². The number of carbonyl (C=O) groups excluding carboxylic acids is 2. The van der Waals surface area contributed by atoms with Crippen molar-refractivity contribution < 1.29 is 14.3 Å². The van der Waals surface area contributed by atoms with Crippen LogP contribution in [0, 0.1) is 11.8 Å². The van der Waals surface area contributed by atoms with E-state index in [9.17, 15) is 9.59 Å². The van der Waals surface area contributed by atoms with E-state index in [0.29, 0.717) is 17.9 Å². The van der Waals surface area contributed by atoms with Crippen molar-refractivity contribution in [3.05, 3.63) is 47.5 Å². The SMILES string of the molecule is COC(=O)[C@@H](NC(=O)N1CCCC2=C[C@H]3C[C@@H](CN4CCCC[C@@H]34)[C@H]21)c1ccccc1. The van der Waals surface area contributed by atoms with Crippen LogP contribution in [0.1, 0.15) is 50.1 Å². The zero-order chi connectivity index (χ0) is 21.4. The smallest absolute Gasteiger partial charge is 0.333 e. The lowest BCUT2D eigenvalue weighted by atomic mass is 9.68. The highest BCUT2D eigenvalue weighted by Gasteiger charge is 2.47. The number of amides is 2. The lowest BCUT2D eigenvalue weighted by molar-refractivity contribution is -0.143. The molecular formula is C25H33N3O3. The van der Waals surface area contributed by atoms with E-state index in [1.54, 1.807) is 0 Å². The van der Waals surface area contributed by atoms with Crippen molar-refractivity contribution in [2.75, 3.05) is 26.7 Å². The van der Waals surface area contributed by atoms with E-state index in [2.05, 4.69) is 16.3 Å². The summed E-state index contributed by atoms with van der Waals surface area (Å²) < 4.78 is 5.00. The van der Waals surface area contributed by atoms with E-state index in [-0.39, 0.29) is 12.1 Å². The van der Waals surface area contributed by atoms with Gasteiger partial charge in [0, 0.05) is 19.1 Å². The minimum absolute atomic E-state index is 0.155. The van der Waals surface area contributed by atoms with Gasteiger partial charge in [-0.15, -0.1) is 0 Å². The molecule has 3 fully saturated rings. The number of piperidine rings is 3. The third-order valence-electron chi connectivity index (χ3n) is 7.76. The molecule has 0 saturated carbocycles. The first kappa shape index (κ1) is 20.6. The van der Waals surface area contributed by atoms with E-state index >= 15 is 0 Å². The highest BCUT2D eigenvalue weighted by atomic mass is 16.5. The highest BCUT2D eigenvalue weighted by molar-refractivity contribution is 5.85. The molecule has 166 valence electrons. The minimum atomic E-state index is -0.790. The number of carbonyl (C=O) groups is 2. The Morgan fingerprint density at radius 1 is 1.13 bits per heavy atom. The summed E-state index contributed by atoms with van der Waals surface area (Å²) in [7, 11) is 1.37. The van der Waals surface area contributed by atoms with E-state index in [1.165, 1.54) is 44.9 Å². The van der Waals surface area contributed by atoms with Crippen molar-refractivity contribution in [2.45, 2.75) is 56.7 Å². The molecule has 0 unspecified atom stereocenters. The van der Waals surface area contributed by atoms with Crippen LogP contribution in [0.4, 0.5) is 4.79 Å². The molecule has 3 saturated heterocycles. The van der Waals surface area contributed by atoms with Gasteiger partial charge in [0.05, 0.1) is 13.2 Å². The number of benzene rings is 1. The third-order valence-corrected chi connectivity index (χ3v) is 7.76. The molecule has 1 N–H and O–H groups in total. The summed E-state index contributed by atoms with van der Waals surface area (Å²) in [5, 5.41) is 2.99. The minimum Gasteiger partial charge on any atom is -0.467 e. The molecule has 0 radical (unpaired) electrons. The molecular weight excluding hydrogens is 390 g/mol. The molecule has 0 aromatic heterocycles. The average Bonchev–Trinajstić information content (AvgIpc) is 2.82. The second-order valence-electron chi connectivity index (χ2n) is 9.52. The largest absolute Gasteiger partial charge is 0.467 e. The molecule has 31 heavy (non-hydrogen) atoms. The molecule has 0 spiro atoms. The first-order chi connectivity index (χ1) is 15.2. The maximum absolute atomic E-state index is 13.5. The van der Waals surface area contributed by atoms with Gasteiger partial charge in [0.2, 0.25) is 0 Å².